The van der Waals surface area contributed by atoms with Gasteiger partial charge in [-0.25, -0.2) is 0 Å². The lowest BCUT2D eigenvalue weighted by Gasteiger charge is -2.33. The molecule has 17 heavy (non-hydrogen) atoms. The van der Waals surface area contributed by atoms with Crippen LogP contribution in [0.25, 0.3) is 0 Å². The van der Waals surface area contributed by atoms with Gasteiger partial charge in [0, 0.05) is 24.7 Å². The molecule has 3 N–H and O–H groups in total. The van der Waals surface area contributed by atoms with Crippen LogP contribution in [-0.2, 0) is 6.42 Å². The average Bonchev–Trinajstić information content (AvgIpc) is 2.38. The van der Waals surface area contributed by atoms with E-state index >= 15 is 0 Å². The SMILES string of the molecule is CC(CN1CCCc2ccccc21)/C(N)=N/O. The van der Waals surface area contributed by atoms with E-state index in [1.54, 1.807) is 0 Å². The van der Waals surface area contributed by atoms with Crippen LogP contribution in [0.1, 0.15) is 18.9 Å². The normalized spacial score (nSPS) is 17.7. The molecule has 0 spiro atoms. The van der Waals surface area contributed by atoms with Crippen LogP contribution in [0, 0.1) is 5.92 Å². The molecule has 1 aromatic carbocycles. The quantitative estimate of drug-likeness (QED) is 0.362. The molecule has 1 heterocycles. The molecule has 1 aliphatic heterocycles. The van der Waals surface area contributed by atoms with Crippen molar-refractivity contribution >= 4 is 11.5 Å². The zero-order chi connectivity index (χ0) is 12.3. The summed E-state index contributed by atoms with van der Waals surface area (Å²) in [5.41, 5.74) is 8.31. The van der Waals surface area contributed by atoms with Crippen LogP contribution in [0.4, 0.5) is 5.69 Å². The fourth-order valence-corrected chi connectivity index (χ4v) is 2.32. The number of para-hydroxylation sites is 1. The average molecular weight is 233 g/mol. The van der Waals surface area contributed by atoms with Gasteiger partial charge in [0.25, 0.3) is 0 Å². The number of aryl methyl sites for hydroxylation is 1. The van der Waals surface area contributed by atoms with Gasteiger partial charge in [-0.3, -0.25) is 0 Å². The van der Waals surface area contributed by atoms with Crippen LogP contribution in [0.2, 0.25) is 0 Å². The van der Waals surface area contributed by atoms with Crippen LogP contribution in [0.5, 0.6) is 0 Å². The van der Waals surface area contributed by atoms with Gasteiger partial charge in [-0.05, 0) is 24.5 Å². The Morgan fingerprint density at radius 2 is 2.29 bits per heavy atom. The number of nitrogens with two attached hydrogens (primary N) is 1. The summed E-state index contributed by atoms with van der Waals surface area (Å²) in [4.78, 5) is 2.32. The van der Waals surface area contributed by atoms with E-state index in [0.29, 0.717) is 5.84 Å². The van der Waals surface area contributed by atoms with E-state index in [-0.39, 0.29) is 5.92 Å². The zero-order valence-electron chi connectivity index (χ0n) is 10.1. The first-order valence-electron chi connectivity index (χ1n) is 6.02. The van der Waals surface area contributed by atoms with Gasteiger partial charge in [-0.1, -0.05) is 30.3 Å². The van der Waals surface area contributed by atoms with Crippen molar-refractivity contribution < 1.29 is 5.21 Å². The molecule has 0 bridgehead atoms. The summed E-state index contributed by atoms with van der Waals surface area (Å²) in [6, 6.07) is 8.46. The molecule has 4 nitrogen and oxygen atoms in total. The Kier molecular flexibility index (Phi) is 3.52. The lowest BCUT2D eigenvalue weighted by Crippen LogP contribution is -2.37. The van der Waals surface area contributed by atoms with Gasteiger partial charge in [0.1, 0.15) is 5.84 Å². The van der Waals surface area contributed by atoms with Gasteiger partial charge in [-0.15, -0.1) is 0 Å². The van der Waals surface area contributed by atoms with Crippen molar-refractivity contribution in [3.05, 3.63) is 29.8 Å². The third-order valence-corrected chi connectivity index (χ3v) is 3.32. The summed E-state index contributed by atoms with van der Waals surface area (Å²) >= 11 is 0. The largest absolute Gasteiger partial charge is 0.409 e. The summed E-state index contributed by atoms with van der Waals surface area (Å²) in [6.45, 7) is 3.82. The minimum absolute atomic E-state index is 0.0613. The third-order valence-electron chi connectivity index (χ3n) is 3.32. The highest BCUT2D eigenvalue weighted by atomic mass is 16.4. The number of rotatable bonds is 3. The Bertz CT molecular complexity index is 417. The van der Waals surface area contributed by atoms with Crippen molar-refractivity contribution in [2.45, 2.75) is 19.8 Å². The fraction of sp³-hybridized carbons (Fsp3) is 0.462. The summed E-state index contributed by atoms with van der Waals surface area (Å²) in [6.07, 6.45) is 2.31. The van der Waals surface area contributed by atoms with Crippen molar-refractivity contribution in [3.8, 4) is 0 Å². The molecule has 0 amide bonds. The maximum Gasteiger partial charge on any atom is 0.143 e. The third kappa shape index (κ3) is 2.52. The molecule has 1 atom stereocenters. The van der Waals surface area contributed by atoms with E-state index in [9.17, 15) is 0 Å². The molecule has 0 fully saturated rings. The molecular formula is C13H19N3O. The standard InChI is InChI=1S/C13H19N3O/c1-10(13(14)15-17)9-16-8-4-6-11-5-2-3-7-12(11)16/h2-3,5,7,10,17H,4,6,8-9H2,1H3,(H2,14,15). The molecule has 92 valence electrons. The Morgan fingerprint density at radius 1 is 1.53 bits per heavy atom. The second-order valence-corrected chi connectivity index (χ2v) is 4.60. The number of anilines is 1. The molecule has 0 radical (unpaired) electrons. The number of amidine groups is 1. The van der Waals surface area contributed by atoms with Crippen molar-refractivity contribution in [2.24, 2.45) is 16.8 Å². The first kappa shape index (κ1) is 11.8. The maximum absolute atomic E-state index is 8.67. The smallest absolute Gasteiger partial charge is 0.143 e. The highest BCUT2D eigenvalue weighted by molar-refractivity contribution is 5.82. The highest BCUT2D eigenvalue weighted by Crippen LogP contribution is 2.27. The number of fused-ring (bicyclic) bond motifs is 1. The predicted molar refractivity (Wildman–Crippen MR) is 69.5 cm³/mol. The van der Waals surface area contributed by atoms with Crippen molar-refractivity contribution in [3.63, 3.8) is 0 Å². The number of oxime groups is 1. The minimum atomic E-state index is 0.0613. The van der Waals surface area contributed by atoms with E-state index in [1.165, 1.54) is 17.7 Å². The molecule has 1 aromatic rings. The van der Waals surface area contributed by atoms with E-state index < -0.39 is 0 Å². The first-order valence-corrected chi connectivity index (χ1v) is 6.02. The van der Waals surface area contributed by atoms with Crippen LogP contribution in [0.15, 0.2) is 29.4 Å². The van der Waals surface area contributed by atoms with Crippen molar-refractivity contribution in [2.75, 3.05) is 18.0 Å². The van der Waals surface area contributed by atoms with Crippen molar-refractivity contribution in [1.82, 2.24) is 0 Å². The molecule has 1 aliphatic rings. The zero-order valence-corrected chi connectivity index (χ0v) is 10.1. The van der Waals surface area contributed by atoms with Gasteiger partial charge in [0.05, 0.1) is 0 Å². The second-order valence-electron chi connectivity index (χ2n) is 4.60. The monoisotopic (exact) mass is 233 g/mol. The van der Waals surface area contributed by atoms with Crippen LogP contribution < -0.4 is 10.6 Å². The molecule has 0 saturated heterocycles. The number of hydrogen-bond donors (Lipinski definition) is 2. The van der Waals surface area contributed by atoms with Gasteiger partial charge in [0.15, 0.2) is 0 Å². The Balaban J connectivity index is 2.14. The van der Waals surface area contributed by atoms with E-state index in [1.807, 2.05) is 6.92 Å². The van der Waals surface area contributed by atoms with E-state index in [4.69, 9.17) is 10.9 Å². The number of benzene rings is 1. The lowest BCUT2D eigenvalue weighted by molar-refractivity contribution is 0.314. The minimum Gasteiger partial charge on any atom is -0.409 e. The van der Waals surface area contributed by atoms with Crippen LogP contribution >= 0.6 is 0 Å². The number of nitrogens with zero attached hydrogens (tertiary/aromatic N) is 2. The van der Waals surface area contributed by atoms with Gasteiger partial charge >= 0.3 is 0 Å². The van der Waals surface area contributed by atoms with E-state index in [0.717, 1.165) is 19.5 Å². The first-order chi connectivity index (χ1) is 8.22. The van der Waals surface area contributed by atoms with Crippen LogP contribution in [-0.4, -0.2) is 24.1 Å². The summed E-state index contributed by atoms with van der Waals surface area (Å²) in [5, 5.41) is 11.8. The molecule has 2 rings (SSSR count). The maximum atomic E-state index is 8.67. The van der Waals surface area contributed by atoms with E-state index in [2.05, 4.69) is 34.3 Å². The predicted octanol–water partition coefficient (Wildman–Crippen LogP) is 1.82. The molecule has 0 aliphatic carbocycles. The lowest BCUT2D eigenvalue weighted by atomic mass is 10.00. The summed E-state index contributed by atoms with van der Waals surface area (Å²) < 4.78 is 0. The Labute approximate surface area is 102 Å². The van der Waals surface area contributed by atoms with Gasteiger partial charge < -0.3 is 15.8 Å². The van der Waals surface area contributed by atoms with Crippen molar-refractivity contribution in [1.29, 1.82) is 0 Å². The summed E-state index contributed by atoms with van der Waals surface area (Å²) in [7, 11) is 0. The topological polar surface area (TPSA) is 61.8 Å². The molecule has 0 aromatic heterocycles. The van der Waals surface area contributed by atoms with Gasteiger partial charge in [0.2, 0.25) is 0 Å². The van der Waals surface area contributed by atoms with Gasteiger partial charge in [-0.2, -0.15) is 0 Å². The van der Waals surface area contributed by atoms with Crippen LogP contribution in [0.3, 0.4) is 0 Å². The number of hydrogen-bond acceptors (Lipinski definition) is 3. The molecular weight excluding hydrogens is 214 g/mol. The molecule has 4 heteroatoms. The summed E-state index contributed by atoms with van der Waals surface area (Å²) in [5.74, 6) is 0.360. The second kappa shape index (κ2) is 5.08. The molecule has 0 saturated carbocycles. The Hall–Kier alpha value is -1.71. The highest BCUT2D eigenvalue weighted by Gasteiger charge is 2.19. The molecule has 1 unspecified atom stereocenters. The Morgan fingerprint density at radius 3 is 3.06 bits per heavy atom. The fourth-order valence-electron chi connectivity index (χ4n) is 2.32.